The predicted octanol–water partition coefficient (Wildman–Crippen LogP) is 4.04. The largest absolute Gasteiger partial charge is 0.498 e. The molecule has 1 saturated heterocycles. The van der Waals surface area contributed by atoms with E-state index in [9.17, 15) is 14.7 Å². The number of hydrogen-bond donors (Lipinski definition) is 2. The molecular formula is C25H28BCl2NO6. The molecule has 2 N–H and O–H groups in total. The van der Waals surface area contributed by atoms with Gasteiger partial charge in [-0.05, 0) is 63.8 Å². The number of carbonyl (C=O) groups excluding carboxylic acids is 1. The Labute approximate surface area is 215 Å². The van der Waals surface area contributed by atoms with Crippen LogP contribution in [0.15, 0.2) is 30.3 Å². The highest BCUT2D eigenvalue weighted by molar-refractivity contribution is 6.63. The smallest absolute Gasteiger partial charge is 0.494 e. The number of benzene rings is 2. The van der Waals surface area contributed by atoms with Crippen LogP contribution in [0.5, 0.6) is 5.75 Å². The van der Waals surface area contributed by atoms with Gasteiger partial charge in [0.15, 0.2) is 0 Å². The SMILES string of the molecule is CC1(C)OB(c2ccc(C[C@H](NC(=O)c3c(Cl)cccc3Cl)C(=O)O)c3c2OCCC3)OC1(C)C. The number of ether oxygens (including phenoxy) is 1. The fourth-order valence-corrected chi connectivity index (χ4v) is 4.84. The molecule has 0 aliphatic carbocycles. The Morgan fingerprint density at radius 1 is 1.09 bits per heavy atom. The Balaban J connectivity index is 1.62. The standard InChI is InChI=1S/C25H28BCl2NO6/c1-24(2)25(3,4)35-26(34-24)16-11-10-14(15-7-6-12-33-21(15)16)13-19(23(31)32)29-22(30)20-17(27)8-5-9-18(20)28/h5,8-11,19H,6-7,12-13H2,1-4H3,(H,29,30)(H,31,32)/t19-/m0/s1. The quantitative estimate of drug-likeness (QED) is 0.559. The number of carboxylic acids is 1. The van der Waals surface area contributed by atoms with Crippen LogP contribution in [0.4, 0.5) is 0 Å². The van der Waals surface area contributed by atoms with E-state index in [1.54, 1.807) is 6.07 Å². The van der Waals surface area contributed by atoms with Crippen molar-refractivity contribution < 1.29 is 28.7 Å². The molecule has 2 aliphatic heterocycles. The van der Waals surface area contributed by atoms with Gasteiger partial charge in [0.05, 0.1) is 33.4 Å². The third kappa shape index (κ3) is 5.03. The molecule has 1 amide bonds. The van der Waals surface area contributed by atoms with Crippen LogP contribution in [0.25, 0.3) is 0 Å². The highest BCUT2D eigenvalue weighted by Gasteiger charge is 2.52. The minimum absolute atomic E-state index is 0.0450. The Bertz CT molecular complexity index is 1130. The summed E-state index contributed by atoms with van der Waals surface area (Å²) in [5.74, 6) is -1.15. The molecule has 0 spiro atoms. The summed E-state index contributed by atoms with van der Waals surface area (Å²) in [6, 6.07) is 7.19. The third-order valence-corrected chi connectivity index (χ3v) is 7.56. The van der Waals surface area contributed by atoms with Gasteiger partial charge in [-0.15, -0.1) is 0 Å². The highest BCUT2D eigenvalue weighted by Crippen LogP contribution is 2.38. The summed E-state index contributed by atoms with van der Waals surface area (Å²) in [6.07, 6.45) is 1.58. The summed E-state index contributed by atoms with van der Waals surface area (Å²) in [4.78, 5) is 24.9. The van der Waals surface area contributed by atoms with E-state index in [0.29, 0.717) is 18.8 Å². The van der Waals surface area contributed by atoms with Crippen molar-refractivity contribution in [2.45, 2.75) is 64.2 Å². The molecule has 7 nitrogen and oxygen atoms in total. The van der Waals surface area contributed by atoms with Gasteiger partial charge >= 0.3 is 13.1 Å². The van der Waals surface area contributed by atoms with E-state index in [0.717, 1.165) is 23.0 Å². The van der Waals surface area contributed by atoms with Crippen molar-refractivity contribution in [1.82, 2.24) is 5.32 Å². The minimum atomic E-state index is -1.19. The maximum Gasteiger partial charge on any atom is 0.498 e. The lowest BCUT2D eigenvalue weighted by atomic mass is 9.75. The van der Waals surface area contributed by atoms with Crippen LogP contribution in [-0.2, 0) is 26.9 Å². The van der Waals surface area contributed by atoms with Crippen LogP contribution in [0, 0.1) is 0 Å². The van der Waals surface area contributed by atoms with E-state index in [1.165, 1.54) is 12.1 Å². The van der Waals surface area contributed by atoms with Gasteiger partial charge in [-0.3, -0.25) is 4.79 Å². The second-order valence-corrected chi connectivity index (χ2v) is 10.6. The van der Waals surface area contributed by atoms with Gasteiger partial charge in [0, 0.05) is 11.9 Å². The third-order valence-electron chi connectivity index (χ3n) is 6.93. The molecule has 35 heavy (non-hydrogen) atoms. The summed E-state index contributed by atoms with van der Waals surface area (Å²) in [5, 5.41) is 12.7. The van der Waals surface area contributed by atoms with E-state index in [4.69, 9.17) is 37.2 Å². The van der Waals surface area contributed by atoms with Crippen molar-refractivity contribution in [3.05, 3.63) is 57.1 Å². The number of fused-ring (bicyclic) bond motifs is 1. The lowest BCUT2D eigenvalue weighted by Crippen LogP contribution is -2.43. The topological polar surface area (TPSA) is 94.1 Å². The number of carbonyl (C=O) groups is 2. The van der Waals surface area contributed by atoms with E-state index < -0.39 is 36.2 Å². The van der Waals surface area contributed by atoms with Crippen LogP contribution in [0.2, 0.25) is 10.0 Å². The zero-order valence-corrected chi connectivity index (χ0v) is 21.6. The van der Waals surface area contributed by atoms with Crippen LogP contribution >= 0.6 is 23.2 Å². The average molecular weight is 520 g/mol. The average Bonchev–Trinajstić information content (AvgIpc) is 2.99. The number of carboxylic acid groups (broad SMARTS) is 1. The molecule has 10 heteroatoms. The maximum absolute atomic E-state index is 12.8. The first-order valence-electron chi connectivity index (χ1n) is 11.5. The van der Waals surface area contributed by atoms with Crippen molar-refractivity contribution >= 4 is 47.7 Å². The van der Waals surface area contributed by atoms with Crippen molar-refractivity contribution in [2.24, 2.45) is 0 Å². The summed E-state index contributed by atoms with van der Waals surface area (Å²) in [7, 11) is -0.599. The minimum Gasteiger partial charge on any atom is -0.494 e. The second kappa shape index (κ2) is 9.66. The van der Waals surface area contributed by atoms with Crippen LogP contribution in [-0.4, -0.2) is 48.0 Å². The first kappa shape index (κ1) is 25.8. The first-order valence-corrected chi connectivity index (χ1v) is 12.3. The number of halogens is 2. The summed E-state index contributed by atoms with van der Waals surface area (Å²) < 4.78 is 18.5. The van der Waals surface area contributed by atoms with Gasteiger partial charge < -0.3 is 24.5 Å². The first-order chi connectivity index (χ1) is 16.4. The number of amides is 1. The summed E-state index contributed by atoms with van der Waals surface area (Å²) in [5.41, 5.74) is 1.50. The van der Waals surface area contributed by atoms with Crippen molar-refractivity contribution in [3.63, 3.8) is 0 Å². The van der Waals surface area contributed by atoms with Crippen LogP contribution in [0.3, 0.4) is 0 Å². The Hall–Kier alpha value is -2.26. The summed E-state index contributed by atoms with van der Waals surface area (Å²) in [6.45, 7) is 8.49. The van der Waals surface area contributed by atoms with Crippen LogP contribution < -0.4 is 15.5 Å². The second-order valence-electron chi connectivity index (χ2n) is 9.83. The molecule has 0 bridgehead atoms. The molecule has 0 radical (unpaired) electrons. The highest BCUT2D eigenvalue weighted by atomic mass is 35.5. The van der Waals surface area contributed by atoms with Gasteiger partial charge in [-0.2, -0.15) is 0 Å². The molecule has 2 aliphatic rings. The molecule has 4 rings (SSSR count). The van der Waals surface area contributed by atoms with Gasteiger partial charge in [-0.25, -0.2) is 4.79 Å². The molecule has 186 valence electrons. The molecule has 1 fully saturated rings. The van der Waals surface area contributed by atoms with Gasteiger partial charge in [0.25, 0.3) is 5.91 Å². The molecule has 0 unspecified atom stereocenters. The van der Waals surface area contributed by atoms with E-state index in [-0.39, 0.29) is 22.0 Å². The molecular weight excluding hydrogens is 492 g/mol. The fourth-order valence-electron chi connectivity index (χ4n) is 4.27. The molecule has 1 atom stereocenters. The van der Waals surface area contributed by atoms with Crippen molar-refractivity contribution in [2.75, 3.05) is 6.61 Å². The molecule has 0 aromatic heterocycles. The molecule has 0 saturated carbocycles. The zero-order chi connectivity index (χ0) is 25.5. The van der Waals surface area contributed by atoms with Gasteiger partial charge in [-0.1, -0.05) is 41.4 Å². The van der Waals surface area contributed by atoms with Gasteiger partial charge in [0.2, 0.25) is 0 Å². The lowest BCUT2D eigenvalue weighted by Gasteiger charge is -2.32. The molecule has 2 heterocycles. The van der Waals surface area contributed by atoms with E-state index in [2.05, 4.69) is 5.32 Å². The lowest BCUT2D eigenvalue weighted by molar-refractivity contribution is -0.139. The number of rotatable bonds is 6. The van der Waals surface area contributed by atoms with Crippen LogP contribution in [0.1, 0.15) is 55.6 Å². The van der Waals surface area contributed by atoms with E-state index in [1.807, 2.05) is 39.8 Å². The fraction of sp³-hybridized carbons (Fsp3) is 0.440. The Morgan fingerprint density at radius 3 is 2.31 bits per heavy atom. The van der Waals surface area contributed by atoms with E-state index >= 15 is 0 Å². The normalized spacial score (nSPS) is 19.0. The van der Waals surface area contributed by atoms with Crippen molar-refractivity contribution in [3.8, 4) is 5.75 Å². The van der Waals surface area contributed by atoms with Crippen molar-refractivity contribution in [1.29, 1.82) is 0 Å². The zero-order valence-electron chi connectivity index (χ0n) is 20.1. The monoisotopic (exact) mass is 519 g/mol. The number of hydrogen-bond acceptors (Lipinski definition) is 5. The molecule has 2 aromatic rings. The number of aliphatic carboxylic acids is 1. The maximum atomic E-state index is 12.8. The van der Waals surface area contributed by atoms with Gasteiger partial charge in [0.1, 0.15) is 11.8 Å². The summed E-state index contributed by atoms with van der Waals surface area (Å²) >= 11 is 12.3. The Kier molecular flexibility index (Phi) is 7.13. The number of nitrogens with one attached hydrogen (secondary N) is 1. The molecule has 2 aromatic carbocycles. The Morgan fingerprint density at radius 2 is 1.71 bits per heavy atom. The predicted molar refractivity (Wildman–Crippen MR) is 135 cm³/mol.